The first kappa shape index (κ1) is 26.3. The van der Waals surface area contributed by atoms with Crippen molar-refractivity contribution >= 4 is 49.3 Å². The van der Waals surface area contributed by atoms with Crippen molar-refractivity contribution in [3.05, 3.63) is 37.3 Å². The second kappa shape index (κ2) is 10.3. The molecule has 0 radical (unpaired) electrons. The van der Waals surface area contributed by atoms with Crippen molar-refractivity contribution in [3.8, 4) is 0 Å². The number of benzene rings is 1. The standard InChI is InChI=1S/C17H25N3O9S3/c1-30-15-8-6-4-5-7-9-16(15)31(2,3)29-20(25)12-10-13(18(21)22)17(32(26,27)28)14(11-12)19(23)24/h10-11,15-16H,4-9H2,1-3H3. The van der Waals surface area contributed by atoms with Gasteiger partial charge in [0.15, 0.2) is 0 Å². The Labute approximate surface area is 191 Å². The second-order valence-corrected chi connectivity index (χ2v) is 13.5. The Kier molecular flexibility index (Phi) is 8.47. The lowest BCUT2D eigenvalue weighted by Gasteiger charge is -2.39. The van der Waals surface area contributed by atoms with Gasteiger partial charge in [-0.05, 0) is 29.4 Å². The molecule has 1 aromatic rings. The Hall–Kier alpha value is -1.97. The van der Waals surface area contributed by atoms with Crippen LogP contribution in [0.2, 0.25) is 0 Å². The van der Waals surface area contributed by atoms with Gasteiger partial charge >= 0.3 is 17.1 Å². The SMILES string of the molecule is CSC1CCCCCCC1S(C)(C)O[N+](=O)c1cc([N+](=O)[O-])c(S(=O)(=O)[O-])c([N+](=O)[O-])c1. The van der Waals surface area contributed by atoms with Gasteiger partial charge in [0.25, 0.3) is 4.92 Å². The van der Waals surface area contributed by atoms with Gasteiger partial charge in [0.2, 0.25) is 4.90 Å². The molecular weight excluding hydrogens is 486 g/mol. The summed E-state index contributed by atoms with van der Waals surface area (Å²) >= 11 is 1.68. The molecule has 1 aliphatic carbocycles. The molecule has 180 valence electrons. The second-order valence-electron chi connectivity index (χ2n) is 7.73. The van der Waals surface area contributed by atoms with Crippen LogP contribution in [0.15, 0.2) is 17.0 Å². The van der Waals surface area contributed by atoms with E-state index in [-0.39, 0.29) is 15.4 Å². The predicted molar refractivity (Wildman–Crippen MR) is 120 cm³/mol. The lowest BCUT2D eigenvalue weighted by Crippen LogP contribution is -2.32. The van der Waals surface area contributed by atoms with Crippen LogP contribution in [0.1, 0.15) is 38.5 Å². The van der Waals surface area contributed by atoms with Crippen LogP contribution in [0.4, 0.5) is 17.1 Å². The normalized spacial score (nSPS) is 20.6. The van der Waals surface area contributed by atoms with Crippen molar-refractivity contribution in [1.82, 2.24) is 0 Å². The molecule has 1 aliphatic rings. The molecule has 1 saturated carbocycles. The predicted octanol–water partition coefficient (Wildman–Crippen LogP) is 4.18. The Morgan fingerprint density at radius 2 is 1.47 bits per heavy atom. The third-order valence-corrected chi connectivity index (χ3v) is 10.1. The first-order valence-corrected chi connectivity index (χ1v) is 14.8. The van der Waals surface area contributed by atoms with E-state index in [1.54, 1.807) is 24.3 Å². The van der Waals surface area contributed by atoms with Crippen LogP contribution in [-0.2, 0) is 14.4 Å². The summed E-state index contributed by atoms with van der Waals surface area (Å²) in [7, 11) is -7.62. The van der Waals surface area contributed by atoms with Crippen LogP contribution in [0.3, 0.4) is 0 Å². The number of hydrogen-bond donors (Lipinski definition) is 0. The highest BCUT2D eigenvalue weighted by molar-refractivity contribution is 8.29. The molecule has 0 saturated heterocycles. The third-order valence-electron chi connectivity index (χ3n) is 5.32. The van der Waals surface area contributed by atoms with Gasteiger partial charge in [-0.25, -0.2) is 8.42 Å². The molecular formula is C17H25N3O9S3. The summed E-state index contributed by atoms with van der Waals surface area (Å²) in [6.45, 7) is 0. The average molecular weight is 512 g/mol. The zero-order valence-corrected chi connectivity index (χ0v) is 20.2. The maximum atomic E-state index is 12.8. The summed E-state index contributed by atoms with van der Waals surface area (Å²) in [5.41, 5.74) is -3.34. The van der Waals surface area contributed by atoms with Gasteiger partial charge < -0.3 is 4.55 Å². The molecule has 0 bridgehead atoms. The van der Waals surface area contributed by atoms with Gasteiger partial charge in [-0.15, -0.1) is 0 Å². The molecule has 12 nitrogen and oxygen atoms in total. The van der Waals surface area contributed by atoms with E-state index in [0.717, 1.165) is 38.5 Å². The van der Waals surface area contributed by atoms with Crippen LogP contribution in [0.5, 0.6) is 0 Å². The van der Waals surface area contributed by atoms with E-state index in [9.17, 15) is 38.1 Å². The van der Waals surface area contributed by atoms with Crippen LogP contribution >= 0.6 is 22.1 Å². The average Bonchev–Trinajstić information content (AvgIpc) is 2.65. The minimum Gasteiger partial charge on any atom is -0.744 e. The highest BCUT2D eigenvalue weighted by Crippen LogP contribution is 2.54. The lowest BCUT2D eigenvalue weighted by atomic mass is 10.00. The molecule has 15 heteroatoms. The summed E-state index contributed by atoms with van der Waals surface area (Å²) in [6.07, 6.45) is 11.6. The minimum atomic E-state index is -5.56. The minimum absolute atomic E-state index is 0.0421. The maximum absolute atomic E-state index is 12.8. The highest BCUT2D eigenvalue weighted by Gasteiger charge is 2.41. The Morgan fingerprint density at radius 3 is 1.91 bits per heavy atom. The van der Waals surface area contributed by atoms with E-state index < -0.39 is 52.2 Å². The molecule has 0 heterocycles. The van der Waals surface area contributed by atoms with Crippen LogP contribution in [0, 0.1) is 25.1 Å². The maximum Gasteiger partial charge on any atom is 0.331 e. The van der Waals surface area contributed by atoms with Crippen molar-refractivity contribution in [3.63, 3.8) is 0 Å². The zero-order valence-electron chi connectivity index (χ0n) is 17.8. The smallest absolute Gasteiger partial charge is 0.331 e. The summed E-state index contributed by atoms with van der Waals surface area (Å²) in [5.74, 6) is 0. The van der Waals surface area contributed by atoms with E-state index in [1.165, 1.54) is 0 Å². The zero-order chi connectivity index (χ0) is 24.3. The van der Waals surface area contributed by atoms with Gasteiger partial charge in [-0.3, -0.25) is 20.2 Å². The van der Waals surface area contributed by atoms with E-state index in [1.807, 2.05) is 6.26 Å². The number of hydrogen-bond acceptors (Lipinski definition) is 10. The number of nitro groups is 2. The quantitative estimate of drug-likeness (QED) is 0.280. The van der Waals surface area contributed by atoms with Crippen molar-refractivity contribution in [2.45, 2.75) is 53.9 Å². The molecule has 2 unspecified atom stereocenters. The summed E-state index contributed by atoms with van der Waals surface area (Å²) in [5, 5.41) is 22.9. The number of rotatable bonds is 8. The fourth-order valence-corrected chi connectivity index (χ4v) is 8.73. The Balaban J connectivity index is 2.48. The molecule has 1 fully saturated rings. The van der Waals surface area contributed by atoms with Crippen LogP contribution in [-0.4, -0.2) is 57.0 Å². The van der Waals surface area contributed by atoms with E-state index in [2.05, 4.69) is 0 Å². The Morgan fingerprint density at radius 1 is 0.969 bits per heavy atom. The first-order valence-electron chi connectivity index (χ1n) is 9.64. The van der Waals surface area contributed by atoms with Crippen molar-refractivity contribution in [1.29, 1.82) is 0 Å². The molecule has 0 N–H and O–H groups in total. The summed E-state index contributed by atoms with van der Waals surface area (Å²) in [6, 6.07) is 1.01. The molecule has 0 aliphatic heterocycles. The molecule has 2 rings (SSSR count). The van der Waals surface area contributed by atoms with Gasteiger partial charge in [0.05, 0.1) is 14.8 Å². The molecule has 0 amide bonds. The summed E-state index contributed by atoms with van der Waals surface area (Å²) < 4.78 is 40.0. The van der Waals surface area contributed by atoms with Crippen molar-refractivity contribution in [2.75, 3.05) is 18.8 Å². The van der Waals surface area contributed by atoms with E-state index >= 15 is 0 Å². The molecule has 2 atom stereocenters. The molecule has 0 spiro atoms. The van der Waals surface area contributed by atoms with Gasteiger partial charge in [-0.1, -0.05) is 25.7 Å². The van der Waals surface area contributed by atoms with Gasteiger partial charge in [0.1, 0.15) is 22.3 Å². The van der Waals surface area contributed by atoms with Gasteiger partial charge in [0, 0.05) is 23.0 Å². The molecule has 0 aromatic heterocycles. The number of nitro benzene ring substituents is 2. The van der Waals surface area contributed by atoms with Crippen molar-refractivity contribution < 1.29 is 32.0 Å². The fraction of sp³-hybridized carbons (Fsp3) is 0.647. The van der Waals surface area contributed by atoms with Crippen LogP contribution < -0.4 is 0 Å². The molecule has 32 heavy (non-hydrogen) atoms. The first-order chi connectivity index (χ1) is 14.8. The lowest BCUT2D eigenvalue weighted by molar-refractivity contribution is -0.696. The van der Waals surface area contributed by atoms with E-state index in [0.29, 0.717) is 12.1 Å². The summed E-state index contributed by atoms with van der Waals surface area (Å²) in [4.78, 5) is 31.3. The van der Waals surface area contributed by atoms with Crippen LogP contribution in [0.25, 0.3) is 0 Å². The largest absolute Gasteiger partial charge is 0.744 e. The number of nitrogens with zero attached hydrogens (tertiary/aromatic N) is 3. The van der Waals surface area contributed by atoms with Gasteiger partial charge in [-0.2, -0.15) is 16.0 Å². The Bertz CT molecular complexity index is 979. The number of thioether (sulfide) groups is 1. The van der Waals surface area contributed by atoms with Crippen molar-refractivity contribution in [2.24, 2.45) is 0 Å². The highest BCUT2D eigenvalue weighted by atomic mass is 32.3. The fourth-order valence-electron chi connectivity index (χ4n) is 3.83. The topological polar surface area (TPSA) is 173 Å². The molecule has 1 aromatic carbocycles. The third kappa shape index (κ3) is 6.08. The monoisotopic (exact) mass is 511 g/mol. The van der Waals surface area contributed by atoms with E-state index in [4.69, 9.17) is 4.28 Å².